The highest BCUT2D eigenvalue weighted by molar-refractivity contribution is 14.1. The lowest BCUT2D eigenvalue weighted by Gasteiger charge is -2.23. The highest BCUT2D eigenvalue weighted by atomic mass is 127. The fraction of sp³-hybridized carbons (Fsp3) is 1.00. The molecule has 0 saturated carbocycles. The topological polar surface area (TPSA) is 15.3 Å². The third kappa shape index (κ3) is 2.57. The average molecular weight is 282 g/mol. The van der Waals surface area contributed by atoms with Crippen LogP contribution in [0.2, 0.25) is 0 Å². The highest BCUT2D eigenvalue weighted by Crippen LogP contribution is 2.24. The van der Waals surface area contributed by atoms with E-state index in [0.29, 0.717) is 6.04 Å². The van der Waals surface area contributed by atoms with Crippen LogP contribution < -0.4 is 5.32 Å². The van der Waals surface area contributed by atoms with Crippen molar-refractivity contribution in [3.8, 4) is 0 Å². The van der Waals surface area contributed by atoms with Gasteiger partial charge in [-0.3, -0.25) is 4.90 Å². The van der Waals surface area contributed by atoms with E-state index < -0.39 is 0 Å². The van der Waals surface area contributed by atoms with Gasteiger partial charge in [0.25, 0.3) is 0 Å². The van der Waals surface area contributed by atoms with Gasteiger partial charge in [0.2, 0.25) is 0 Å². The molecule has 0 bridgehead atoms. The molecule has 0 aromatic heterocycles. The molecule has 2 atom stereocenters. The number of likely N-dealkylation sites (tertiary alicyclic amines) is 1. The molecule has 0 aliphatic carbocycles. The molecule has 0 aromatic carbocycles. The van der Waals surface area contributed by atoms with Crippen LogP contribution in [0.3, 0.4) is 0 Å². The summed E-state index contributed by atoms with van der Waals surface area (Å²) in [6, 6.07) is 1.41. The lowest BCUT2D eigenvalue weighted by molar-refractivity contribution is 0.259. The summed E-state index contributed by atoms with van der Waals surface area (Å²) in [5.74, 6) is 0. The lowest BCUT2D eigenvalue weighted by atomic mass is 10.3. The largest absolute Gasteiger partial charge is 0.313 e. The smallest absolute Gasteiger partial charge is 0.0636 e. The van der Waals surface area contributed by atoms with Gasteiger partial charge in [0.15, 0.2) is 0 Å². The van der Waals surface area contributed by atoms with E-state index in [1.165, 1.54) is 13.0 Å². The van der Waals surface area contributed by atoms with Crippen molar-refractivity contribution in [3.63, 3.8) is 0 Å². The number of nitrogens with one attached hydrogen (secondary N) is 1. The Morgan fingerprint density at radius 2 is 2.25 bits per heavy atom. The molecule has 1 fully saturated rings. The number of alkyl halides is 1. The zero-order valence-corrected chi connectivity index (χ0v) is 10.3. The number of likely N-dealkylation sites (N-methyl/N-ethyl adjacent to an activating group) is 1. The van der Waals surface area contributed by atoms with Gasteiger partial charge in [0, 0.05) is 18.6 Å². The predicted octanol–water partition coefficient (Wildman–Crippen LogP) is 1.84. The summed E-state index contributed by atoms with van der Waals surface area (Å²) in [5.41, 5.74) is 0. The van der Waals surface area contributed by atoms with Crippen LogP contribution in [0.15, 0.2) is 0 Å². The molecule has 0 radical (unpaired) electrons. The van der Waals surface area contributed by atoms with Crippen LogP contribution in [-0.2, 0) is 0 Å². The molecule has 0 amide bonds. The van der Waals surface area contributed by atoms with Crippen molar-refractivity contribution in [2.24, 2.45) is 0 Å². The maximum Gasteiger partial charge on any atom is 0.0636 e. The van der Waals surface area contributed by atoms with E-state index in [1.807, 2.05) is 0 Å². The molecule has 2 nitrogen and oxygen atoms in total. The second-order valence-electron chi connectivity index (χ2n) is 3.72. The van der Waals surface area contributed by atoms with Crippen molar-refractivity contribution < 1.29 is 0 Å². The number of hydrogen-bond donors (Lipinski definition) is 1. The summed E-state index contributed by atoms with van der Waals surface area (Å²) in [4.78, 5) is 2.56. The number of rotatable bonds is 3. The van der Waals surface area contributed by atoms with E-state index in [-0.39, 0.29) is 0 Å². The van der Waals surface area contributed by atoms with Crippen molar-refractivity contribution in [2.45, 2.75) is 43.3 Å². The molecule has 0 unspecified atom stereocenters. The van der Waals surface area contributed by atoms with Gasteiger partial charge in [-0.05, 0) is 26.8 Å². The molecule has 1 rings (SSSR count). The van der Waals surface area contributed by atoms with Crippen molar-refractivity contribution in [3.05, 3.63) is 0 Å². The third-order valence-electron chi connectivity index (χ3n) is 2.43. The van der Waals surface area contributed by atoms with Gasteiger partial charge in [-0.15, -0.1) is 0 Å². The van der Waals surface area contributed by atoms with Gasteiger partial charge < -0.3 is 5.32 Å². The Balaban J connectivity index is 2.39. The van der Waals surface area contributed by atoms with Gasteiger partial charge in [-0.2, -0.15) is 0 Å². The van der Waals surface area contributed by atoms with Crippen LogP contribution in [0.4, 0.5) is 0 Å². The van der Waals surface area contributed by atoms with Crippen LogP contribution in [0.25, 0.3) is 0 Å². The van der Waals surface area contributed by atoms with E-state index >= 15 is 0 Å². The molecule has 1 aliphatic rings. The molecule has 3 heteroatoms. The van der Waals surface area contributed by atoms with E-state index in [1.54, 1.807) is 0 Å². The van der Waals surface area contributed by atoms with Gasteiger partial charge >= 0.3 is 0 Å². The van der Waals surface area contributed by atoms with Gasteiger partial charge in [-0.25, -0.2) is 0 Å². The SMILES string of the molecule is CCN[C@@H]1C[C@H](I)N(C(C)C)C1. The predicted molar refractivity (Wildman–Crippen MR) is 61.7 cm³/mol. The summed E-state index contributed by atoms with van der Waals surface area (Å²) in [7, 11) is 0. The summed E-state index contributed by atoms with van der Waals surface area (Å²) >= 11 is 2.55. The van der Waals surface area contributed by atoms with Crippen molar-refractivity contribution in [1.29, 1.82) is 0 Å². The normalized spacial score (nSPS) is 31.8. The fourth-order valence-corrected chi connectivity index (χ4v) is 3.27. The Bertz CT molecular complexity index is 138. The van der Waals surface area contributed by atoms with E-state index in [9.17, 15) is 0 Å². The first-order valence-electron chi connectivity index (χ1n) is 4.78. The maximum absolute atomic E-state index is 3.51. The standard InChI is InChI=1S/C9H19IN2/c1-4-11-8-5-9(10)12(6-8)7(2)3/h7-9,11H,4-6H2,1-3H3/t8-,9-/m1/s1. The molecule has 72 valence electrons. The van der Waals surface area contributed by atoms with Crippen molar-refractivity contribution in [2.75, 3.05) is 13.1 Å². The molecular formula is C9H19IN2. The Morgan fingerprint density at radius 3 is 2.67 bits per heavy atom. The third-order valence-corrected chi connectivity index (χ3v) is 3.65. The average Bonchev–Trinajstić information content (AvgIpc) is 2.32. The first-order valence-corrected chi connectivity index (χ1v) is 6.03. The highest BCUT2D eigenvalue weighted by Gasteiger charge is 2.30. The molecule has 1 heterocycles. The second-order valence-corrected chi connectivity index (χ2v) is 5.15. The minimum Gasteiger partial charge on any atom is -0.313 e. The second kappa shape index (κ2) is 4.77. The Kier molecular flexibility index (Phi) is 4.26. The first kappa shape index (κ1) is 10.7. The summed E-state index contributed by atoms with van der Waals surface area (Å²) in [6.45, 7) is 9.05. The summed E-state index contributed by atoms with van der Waals surface area (Å²) in [6.07, 6.45) is 1.30. The summed E-state index contributed by atoms with van der Waals surface area (Å²) < 4.78 is 0.728. The minimum atomic E-state index is 0.690. The Morgan fingerprint density at radius 1 is 1.58 bits per heavy atom. The van der Waals surface area contributed by atoms with Crippen molar-refractivity contribution in [1.82, 2.24) is 10.2 Å². The van der Waals surface area contributed by atoms with Crippen molar-refractivity contribution >= 4 is 22.6 Å². The molecular weight excluding hydrogens is 263 g/mol. The zero-order valence-electron chi connectivity index (χ0n) is 8.18. The van der Waals surface area contributed by atoms with Gasteiger partial charge in [0.05, 0.1) is 4.05 Å². The zero-order chi connectivity index (χ0) is 9.14. The van der Waals surface area contributed by atoms with Gasteiger partial charge in [0.1, 0.15) is 0 Å². The molecule has 1 N–H and O–H groups in total. The Labute approximate surface area is 89.2 Å². The van der Waals surface area contributed by atoms with E-state index in [4.69, 9.17) is 0 Å². The fourth-order valence-electron chi connectivity index (χ4n) is 1.78. The van der Waals surface area contributed by atoms with Crippen LogP contribution in [0, 0.1) is 0 Å². The maximum atomic E-state index is 3.51. The van der Waals surface area contributed by atoms with E-state index in [0.717, 1.165) is 16.6 Å². The van der Waals surface area contributed by atoms with Gasteiger partial charge in [-0.1, -0.05) is 29.5 Å². The monoisotopic (exact) mass is 282 g/mol. The number of nitrogens with zero attached hydrogens (tertiary/aromatic N) is 1. The molecule has 1 saturated heterocycles. The lowest BCUT2D eigenvalue weighted by Crippen LogP contribution is -2.36. The molecule has 0 spiro atoms. The van der Waals surface area contributed by atoms with Crippen LogP contribution >= 0.6 is 22.6 Å². The summed E-state index contributed by atoms with van der Waals surface area (Å²) in [5, 5.41) is 3.51. The van der Waals surface area contributed by atoms with Crippen LogP contribution in [0.1, 0.15) is 27.2 Å². The van der Waals surface area contributed by atoms with Crippen LogP contribution in [0.5, 0.6) is 0 Å². The molecule has 12 heavy (non-hydrogen) atoms. The Hall–Kier alpha value is 0.650. The van der Waals surface area contributed by atoms with Crippen LogP contribution in [-0.4, -0.2) is 34.1 Å². The number of halogens is 1. The quantitative estimate of drug-likeness (QED) is 0.483. The molecule has 1 aliphatic heterocycles. The number of hydrogen-bond acceptors (Lipinski definition) is 2. The first-order chi connectivity index (χ1) is 5.65. The minimum absolute atomic E-state index is 0.690. The molecule has 0 aromatic rings. The van der Waals surface area contributed by atoms with E-state index in [2.05, 4.69) is 53.6 Å².